The lowest BCUT2D eigenvalue weighted by Crippen LogP contribution is -2.17. The first-order chi connectivity index (χ1) is 7.59. The third-order valence-corrected chi connectivity index (χ3v) is 6.09. The Morgan fingerprint density at radius 1 is 1.31 bits per heavy atom. The van der Waals surface area contributed by atoms with Gasteiger partial charge in [-0.25, -0.2) is 0 Å². The minimum Gasteiger partial charge on any atom is -0.395 e. The Hall–Kier alpha value is -0.340. The Kier molecular flexibility index (Phi) is 2.25. The predicted molar refractivity (Wildman–Crippen MR) is 68.1 cm³/mol. The van der Waals surface area contributed by atoms with E-state index in [1.54, 1.807) is 10.4 Å². The Labute approximate surface area is 102 Å². The van der Waals surface area contributed by atoms with E-state index < -0.39 is 0 Å². The fourth-order valence-corrected chi connectivity index (χ4v) is 4.82. The summed E-state index contributed by atoms with van der Waals surface area (Å²) in [5, 5.41) is 9.71. The van der Waals surface area contributed by atoms with Crippen molar-refractivity contribution < 1.29 is 5.11 Å². The topological polar surface area (TPSA) is 20.2 Å². The van der Waals surface area contributed by atoms with Crippen molar-refractivity contribution in [1.82, 2.24) is 0 Å². The Morgan fingerprint density at radius 2 is 2.00 bits per heavy atom. The third kappa shape index (κ3) is 1.32. The normalized spacial score (nSPS) is 31.2. The second-order valence-electron chi connectivity index (χ2n) is 6.07. The number of fused-ring (bicyclic) bond motifs is 1. The molecule has 88 valence electrons. The molecule has 3 rings (SSSR count). The molecule has 1 aromatic rings. The largest absolute Gasteiger partial charge is 0.395 e. The second-order valence-corrected chi connectivity index (χ2v) is 7.20. The molecule has 0 amide bonds. The summed E-state index contributed by atoms with van der Waals surface area (Å²) in [6.45, 7) is 4.88. The van der Waals surface area contributed by atoms with Crippen molar-refractivity contribution in [2.75, 3.05) is 6.61 Å². The number of aryl methyl sites for hydroxylation is 2. The van der Waals surface area contributed by atoms with Gasteiger partial charge in [-0.05, 0) is 49.1 Å². The Bertz CT molecular complexity index is 395. The minimum absolute atomic E-state index is 0.0923. The Morgan fingerprint density at radius 3 is 2.56 bits per heavy atom. The van der Waals surface area contributed by atoms with Crippen LogP contribution in [0.5, 0.6) is 0 Å². The lowest BCUT2D eigenvalue weighted by Gasteiger charge is -2.15. The quantitative estimate of drug-likeness (QED) is 0.835. The lowest BCUT2D eigenvalue weighted by molar-refractivity contribution is 0.233. The smallest absolute Gasteiger partial charge is 0.0541 e. The molecule has 1 unspecified atom stereocenters. The molecule has 0 bridgehead atoms. The van der Waals surface area contributed by atoms with Crippen molar-refractivity contribution in [2.24, 2.45) is 5.41 Å². The van der Waals surface area contributed by atoms with Crippen LogP contribution in [-0.2, 0) is 18.3 Å². The second kappa shape index (κ2) is 3.33. The van der Waals surface area contributed by atoms with Gasteiger partial charge in [0.05, 0.1) is 6.61 Å². The van der Waals surface area contributed by atoms with Gasteiger partial charge in [0.1, 0.15) is 0 Å². The van der Waals surface area contributed by atoms with E-state index >= 15 is 0 Å². The number of hydrogen-bond acceptors (Lipinski definition) is 2. The standard InChI is InChI=1S/C14H20OS/c1-13(2)8-14(13,9-15)12-7-10-5-3-4-6-11(10)16-12/h7,15H,3-6,8-9H2,1-2H3. The van der Waals surface area contributed by atoms with Gasteiger partial charge in [0.15, 0.2) is 0 Å². The van der Waals surface area contributed by atoms with Crippen molar-refractivity contribution in [2.45, 2.75) is 51.4 Å². The highest BCUT2D eigenvalue weighted by atomic mass is 32.1. The molecule has 16 heavy (non-hydrogen) atoms. The Balaban J connectivity index is 1.98. The van der Waals surface area contributed by atoms with E-state index in [-0.39, 0.29) is 5.41 Å². The van der Waals surface area contributed by atoms with Gasteiger partial charge in [0.25, 0.3) is 0 Å². The SMILES string of the molecule is CC1(C)CC1(CO)c1cc2c(s1)CCCC2. The van der Waals surface area contributed by atoms with Crippen LogP contribution in [0.2, 0.25) is 0 Å². The maximum Gasteiger partial charge on any atom is 0.0541 e. The molecule has 1 heterocycles. The maximum atomic E-state index is 9.71. The van der Waals surface area contributed by atoms with Crippen LogP contribution in [0.4, 0.5) is 0 Å². The molecule has 0 spiro atoms. The number of aliphatic hydroxyl groups is 1. The molecular weight excluding hydrogens is 216 g/mol. The molecule has 0 radical (unpaired) electrons. The van der Waals surface area contributed by atoms with Gasteiger partial charge in [-0.3, -0.25) is 0 Å². The number of thiophene rings is 1. The summed E-state index contributed by atoms with van der Waals surface area (Å²) < 4.78 is 0. The zero-order valence-electron chi connectivity index (χ0n) is 10.2. The fraction of sp³-hybridized carbons (Fsp3) is 0.714. The van der Waals surface area contributed by atoms with E-state index in [9.17, 15) is 5.11 Å². The van der Waals surface area contributed by atoms with Crippen LogP contribution in [0, 0.1) is 5.41 Å². The molecule has 1 saturated carbocycles. The summed E-state index contributed by atoms with van der Waals surface area (Å²) in [4.78, 5) is 3.05. The van der Waals surface area contributed by atoms with E-state index in [1.165, 1.54) is 30.6 Å². The fourth-order valence-electron chi connectivity index (χ4n) is 3.21. The van der Waals surface area contributed by atoms with Crippen molar-refractivity contribution >= 4 is 11.3 Å². The van der Waals surface area contributed by atoms with E-state index in [2.05, 4.69) is 19.9 Å². The van der Waals surface area contributed by atoms with Crippen LogP contribution < -0.4 is 0 Å². The van der Waals surface area contributed by atoms with Gasteiger partial charge in [-0.1, -0.05) is 13.8 Å². The molecule has 2 aliphatic carbocycles. The summed E-state index contributed by atoms with van der Waals surface area (Å²) in [6, 6.07) is 2.39. The van der Waals surface area contributed by atoms with Gasteiger partial charge < -0.3 is 5.11 Å². The molecule has 1 aromatic heterocycles. The number of rotatable bonds is 2. The van der Waals surface area contributed by atoms with Crippen LogP contribution in [-0.4, -0.2) is 11.7 Å². The molecule has 2 heteroatoms. The monoisotopic (exact) mass is 236 g/mol. The van der Waals surface area contributed by atoms with Gasteiger partial charge in [-0.15, -0.1) is 11.3 Å². The minimum atomic E-state index is 0.0923. The van der Waals surface area contributed by atoms with Gasteiger partial charge in [-0.2, -0.15) is 0 Å². The molecular formula is C14H20OS. The van der Waals surface area contributed by atoms with Gasteiger partial charge in [0, 0.05) is 15.2 Å². The van der Waals surface area contributed by atoms with E-state index in [0.717, 1.165) is 6.42 Å². The first kappa shape index (κ1) is 10.8. The zero-order chi connectivity index (χ0) is 11.4. The first-order valence-electron chi connectivity index (χ1n) is 6.32. The zero-order valence-corrected chi connectivity index (χ0v) is 11.0. The van der Waals surface area contributed by atoms with Crippen molar-refractivity contribution in [3.63, 3.8) is 0 Å². The molecule has 2 aliphatic rings. The predicted octanol–water partition coefficient (Wildman–Crippen LogP) is 3.29. The molecule has 0 aromatic carbocycles. The van der Waals surface area contributed by atoms with Crippen molar-refractivity contribution in [3.05, 3.63) is 21.4 Å². The molecule has 1 N–H and O–H groups in total. The van der Waals surface area contributed by atoms with E-state index in [1.807, 2.05) is 11.3 Å². The van der Waals surface area contributed by atoms with Gasteiger partial charge >= 0.3 is 0 Å². The van der Waals surface area contributed by atoms with Crippen LogP contribution in [0.1, 0.15) is 48.4 Å². The first-order valence-corrected chi connectivity index (χ1v) is 7.14. The van der Waals surface area contributed by atoms with Crippen LogP contribution in [0.25, 0.3) is 0 Å². The van der Waals surface area contributed by atoms with Crippen molar-refractivity contribution in [3.8, 4) is 0 Å². The number of aliphatic hydroxyl groups excluding tert-OH is 1. The number of hydrogen-bond donors (Lipinski definition) is 1. The summed E-state index contributed by atoms with van der Waals surface area (Å²) in [7, 11) is 0. The molecule has 1 nitrogen and oxygen atoms in total. The summed E-state index contributed by atoms with van der Waals surface area (Å²) in [5.74, 6) is 0. The van der Waals surface area contributed by atoms with E-state index in [4.69, 9.17) is 0 Å². The van der Waals surface area contributed by atoms with E-state index in [0.29, 0.717) is 12.0 Å². The van der Waals surface area contributed by atoms with Crippen LogP contribution in [0.15, 0.2) is 6.07 Å². The maximum absolute atomic E-state index is 9.71. The highest BCUT2D eigenvalue weighted by Crippen LogP contribution is 2.65. The molecule has 1 fully saturated rings. The van der Waals surface area contributed by atoms with Gasteiger partial charge in [0.2, 0.25) is 0 Å². The molecule has 1 atom stereocenters. The van der Waals surface area contributed by atoms with Crippen LogP contribution >= 0.6 is 11.3 Å². The molecule has 0 saturated heterocycles. The van der Waals surface area contributed by atoms with Crippen LogP contribution in [0.3, 0.4) is 0 Å². The average Bonchev–Trinajstić information content (AvgIpc) is 2.67. The lowest BCUT2D eigenvalue weighted by atomic mass is 9.93. The highest BCUT2D eigenvalue weighted by Gasteiger charge is 2.62. The summed E-state index contributed by atoms with van der Waals surface area (Å²) >= 11 is 1.97. The van der Waals surface area contributed by atoms with Crippen molar-refractivity contribution in [1.29, 1.82) is 0 Å². The average molecular weight is 236 g/mol. The summed E-state index contributed by atoms with van der Waals surface area (Å²) in [6.07, 6.45) is 6.37. The molecule has 0 aliphatic heterocycles. The highest BCUT2D eigenvalue weighted by molar-refractivity contribution is 7.12. The third-order valence-electron chi connectivity index (χ3n) is 4.65. The summed E-state index contributed by atoms with van der Waals surface area (Å²) in [5.41, 5.74) is 1.96.